The summed E-state index contributed by atoms with van der Waals surface area (Å²) in [5, 5.41) is 1.01. The molecule has 114 valence electrons. The standard InChI is InChI=1S/C17H18N2O3/c1-11(20)19-10-14(13-5-4-8-18-17(13)19)12-6-7-15(21-2)16(9-12)22-3/h5-7,9-10H,4,8H2,1-3H3. The highest BCUT2D eigenvalue weighted by molar-refractivity contribution is 5.79. The van der Waals surface area contributed by atoms with Crippen LogP contribution in [0.3, 0.4) is 0 Å². The van der Waals surface area contributed by atoms with Crippen LogP contribution in [-0.4, -0.2) is 31.2 Å². The molecule has 1 aliphatic rings. The van der Waals surface area contributed by atoms with Gasteiger partial charge >= 0.3 is 0 Å². The van der Waals surface area contributed by atoms with E-state index in [2.05, 4.69) is 11.1 Å². The molecule has 5 nitrogen and oxygen atoms in total. The van der Waals surface area contributed by atoms with Crippen LogP contribution in [-0.2, 0) is 0 Å². The van der Waals surface area contributed by atoms with E-state index < -0.39 is 0 Å². The summed E-state index contributed by atoms with van der Waals surface area (Å²) in [5.41, 5.74) is 2.69. The Kier molecular flexibility index (Phi) is 3.71. The Morgan fingerprint density at radius 3 is 2.68 bits per heavy atom. The second kappa shape index (κ2) is 5.67. The van der Waals surface area contributed by atoms with Crippen molar-refractivity contribution in [3.63, 3.8) is 0 Å². The molecule has 0 fully saturated rings. The van der Waals surface area contributed by atoms with Gasteiger partial charge in [-0.2, -0.15) is 0 Å². The molecule has 5 heteroatoms. The highest BCUT2D eigenvalue weighted by Crippen LogP contribution is 2.31. The summed E-state index contributed by atoms with van der Waals surface area (Å²) in [6.45, 7) is 2.26. The van der Waals surface area contributed by atoms with E-state index in [0.29, 0.717) is 11.5 Å². The van der Waals surface area contributed by atoms with Gasteiger partial charge in [-0.25, -0.2) is 0 Å². The van der Waals surface area contributed by atoms with Crippen LogP contribution in [0.4, 0.5) is 0 Å². The quantitative estimate of drug-likeness (QED) is 0.865. The van der Waals surface area contributed by atoms with Gasteiger partial charge in [-0.1, -0.05) is 12.1 Å². The number of benzene rings is 1. The summed E-state index contributed by atoms with van der Waals surface area (Å²) >= 11 is 0. The van der Waals surface area contributed by atoms with E-state index >= 15 is 0 Å². The van der Waals surface area contributed by atoms with Gasteiger partial charge < -0.3 is 9.47 Å². The average molecular weight is 298 g/mol. The Morgan fingerprint density at radius 2 is 2.00 bits per heavy atom. The van der Waals surface area contributed by atoms with Crippen molar-refractivity contribution in [3.05, 3.63) is 35.1 Å². The van der Waals surface area contributed by atoms with Crippen molar-refractivity contribution in [2.45, 2.75) is 13.3 Å². The van der Waals surface area contributed by atoms with Crippen molar-refractivity contribution in [1.29, 1.82) is 0 Å². The van der Waals surface area contributed by atoms with Gasteiger partial charge in [-0.3, -0.25) is 14.4 Å². The first-order chi connectivity index (χ1) is 10.7. The molecule has 1 aromatic carbocycles. The van der Waals surface area contributed by atoms with E-state index in [4.69, 9.17) is 9.47 Å². The molecule has 0 spiro atoms. The first kappa shape index (κ1) is 14.4. The maximum Gasteiger partial charge on any atom is 0.229 e. The van der Waals surface area contributed by atoms with Gasteiger partial charge in [-0.05, 0) is 24.1 Å². The van der Waals surface area contributed by atoms with E-state index in [-0.39, 0.29) is 5.91 Å². The second-order valence-electron chi connectivity index (χ2n) is 5.11. The molecule has 2 heterocycles. The van der Waals surface area contributed by atoms with Crippen LogP contribution in [0, 0.1) is 0 Å². The molecular formula is C17H18N2O3. The Morgan fingerprint density at radius 1 is 1.23 bits per heavy atom. The minimum absolute atomic E-state index is 0.0398. The fourth-order valence-electron chi connectivity index (χ4n) is 2.73. The van der Waals surface area contributed by atoms with E-state index in [0.717, 1.165) is 34.8 Å². The fourth-order valence-corrected chi connectivity index (χ4v) is 2.73. The van der Waals surface area contributed by atoms with Crippen LogP contribution in [0.2, 0.25) is 0 Å². The van der Waals surface area contributed by atoms with E-state index in [1.54, 1.807) is 25.7 Å². The lowest BCUT2D eigenvalue weighted by Crippen LogP contribution is -2.34. The molecule has 0 radical (unpaired) electrons. The Labute approximate surface area is 128 Å². The van der Waals surface area contributed by atoms with Crippen molar-refractivity contribution in [1.82, 2.24) is 4.57 Å². The summed E-state index contributed by atoms with van der Waals surface area (Å²) in [7, 11) is 3.22. The lowest BCUT2D eigenvalue weighted by atomic mass is 10.1. The molecule has 2 aromatic rings. The normalized spacial score (nSPS) is 12.9. The predicted molar refractivity (Wildman–Crippen MR) is 84.0 cm³/mol. The average Bonchev–Trinajstić information content (AvgIpc) is 2.94. The maximum absolute atomic E-state index is 11.8. The fraction of sp³-hybridized carbons (Fsp3) is 0.294. The number of ether oxygens (including phenoxy) is 2. The van der Waals surface area contributed by atoms with Crippen LogP contribution in [0.1, 0.15) is 18.1 Å². The summed E-state index contributed by atoms with van der Waals surface area (Å²) in [5.74, 6) is 1.30. The highest BCUT2D eigenvalue weighted by atomic mass is 16.5. The molecule has 0 amide bonds. The number of fused-ring (bicyclic) bond motifs is 1. The van der Waals surface area contributed by atoms with Crippen LogP contribution in [0.25, 0.3) is 17.2 Å². The number of aromatic nitrogens is 1. The summed E-state index contributed by atoms with van der Waals surface area (Å²) in [6.07, 6.45) is 4.86. The van der Waals surface area contributed by atoms with E-state index in [1.165, 1.54) is 0 Å². The van der Waals surface area contributed by atoms with Crippen molar-refractivity contribution in [2.75, 3.05) is 20.8 Å². The zero-order valence-corrected chi connectivity index (χ0v) is 12.9. The third-order valence-electron chi connectivity index (χ3n) is 3.79. The minimum atomic E-state index is -0.0398. The smallest absolute Gasteiger partial charge is 0.229 e. The lowest BCUT2D eigenvalue weighted by molar-refractivity contribution is 0.0932. The Bertz CT molecular complexity index is 850. The topological polar surface area (TPSA) is 52.8 Å². The van der Waals surface area contributed by atoms with Crippen LogP contribution in [0.5, 0.6) is 11.5 Å². The zero-order valence-electron chi connectivity index (χ0n) is 12.9. The second-order valence-corrected chi connectivity index (χ2v) is 5.11. The number of hydrogen-bond acceptors (Lipinski definition) is 4. The molecule has 0 saturated carbocycles. The molecule has 1 aliphatic heterocycles. The number of methoxy groups -OCH3 is 2. The van der Waals surface area contributed by atoms with Gasteiger partial charge in [0.05, 0.1) is 14.2 Å². The number of rotatable bonds is 3. The van der Waals surface area contributed by atoms with Gasteiger partial charge in [0.2, 0.25) is 5.91 Å². The zero-order chi connectivity index (χ0) is 15.7. The molecular weight excluding hydrogens is 280 g/mol. The van der Waals surface area contributed by atoms with Crippen molar-refractivity contribution < 1.29 is 14.3 Å². The highest BCUT2D eigenvalue weighted by Gasteiger charge is 2.14. The summed E-state index contributed by atoms with van der Waals surface area (Å²) < 4.78 is 12.2. The van der Waals surface area contributed by atoms with Crippen LogP contribution >= 0.6 is 0 Å². The molecule has 22 heavy (non-hydrogen) atoms. The minimum Gasteiger partial charge on any atom is -0.493 e. The predicted octanol–water partition coefficient (Wildman–Crippen LogP) is 1.64. The van der Waals surface area contributed by atoms with Gasteiger partial charge in [0, 0.05) is 30.4 Å². The monoisotopic (exact) mass is 298 g/mol. The van der Waals surface area contributed by atoms with Gasteiger partial charge in [0.15, 0.2) is 11.5 Å². The maximum atomic E-state index is 11.8. The number of hydrogen-bond donors (Lipinski definition) is 0. The summed E-state index contributed by atoms with van der Waals surface area (Å²) in [6, 6.07) is 5.75. The number of nitrogens with zero attached hydrogens (tertiary/aromatic N) is 2. The third-order valence-corrected chi connectivity index (χ3v) is 3.79. The van der Waals surface area contributed by atoms with Crippen molar-refractivity contribution in [3.8, 4) is 22.6 Å². The van der Waals surface area contributed by atoms with Crippen LogP contribution in [0.15, 0.2) is 29.4 Å². The lowest BCUT2D eigenvalue weighted by Gasteiger charge is -2.09. The largest absolute Gasteiger partial charge is 0.493 e. The molecule has 0 aliphatic carbocycles. The molecule has 0 bridgehead atoms. The molecule has 0 atom stereocenters. The first-order valence-electron chi connectivity index (χ1n) is 7.15. The molecule has 1 aromatic heterocycles. The number of carbonyl (C=O) groups excluding carboxylic acids is 1. The van der Waals surface area contributed by atoms with Gasteiger partial charge in [-0.15, -0.1) is 0 Å². The first-order valence-corrected chi connectivity index (χ1v) is 7.15. The molecule has 0 N–H and O–H groups in total. The van der Waals surface area contributed by atoms with Crippen molar-refractivity contribution in [2.24, 2.45) is 4.99 Å². The van der Waals surface area contributed by atoms with E-state index in [9.17, 15) is 4.79 Å². The summed E-state index contributed by atoms with van der Waals surface area (Å²) in [4.78, 5) is 16.3. The molecule has 0 unspecified atom stereocenters. The van der Waals surface area contributed by atoms with Gasteiger partial charge in [0.25, 0.3) is 0 Å². The SMILES string of the molecule is COc1ccc(-c2cn(C(C)=O)c3c2=CCCN=3)cc1OC. The molecule has 3 rings (SSSR count). The van der Waals surface area contributed by atoms with Crippen molar-refractivity contribution >= 4 is 12.0 Å². The van der Waals surface area contributed by atoms with E-state index in [1.807, 2.05) is 24.4 Å². The Hall–Kier alpha value is -2.56. The van der Waals surface area contributed by atoms with Crippen LogP contribution < -0.4 is 20.2 Å². The number of carbonyl (C=O) groups is 1. The van der Waals surface area contributed by atoms with Gasteiger partial charge in [0.1, 0.15) is 5.49 Å². The third kappa shape index (κ3) is 2.28. The Balaban J connectivity index is 2.24. The molecule has 0 saturated heterocycles.